The Morgan fingerprint density at radius 3 is 2.31 bits per heavy atom. The largest absolute Gasteiger partial charge is 0.332 e. The highest BCUT2D eigenvalue weighted by molar-refractivity contribution is 7.11. The number of carbonyl (C=O) groups is 2. The molecule has 0 aliphatic heterocycles. The van der Waals surface area contributed by atoms with Gasteiger partial charge in [0.05, 0.1) is 6.54 Å². The number of hydrogen-bond donors (Lipinski definition) is 0. The first-order valence-electron chi connectivity index (χ1n) is 10.6. The Labute approximate surface area is 179 Å². The molecule has 2 amide bonds. The molecule has 0 fully saturated rings. The van der Waals surface area contributed by atoms with Crippen LogP contribution >= 0.6 is 11.3 Å². The van der Waals surface area contributed by atoms with Crippen LogP contribution in [0.15, 0.2) is 42.5 Å². The molecule has 0 spiro atoms. The van der Waals surface area contributed by atoms with E-state index in [9.17, 15) is 9.59 Å². The maximum absolute atomic E-state index is 13.3. The van der Waals surface area contributed by atoms with Gasteiger partial charge in [-0.2, -0.15) is 0 Å². The van der Waals surface area contributed by atoms with Crippen molar-refractivity contribution in [2.75, 3.05) is 6.54 Å². The molecule has 158 valence electrons. The third kappa shape index (κ3) is 7.32. The van der Waals surface area contributed by atoms with Gasteiger partial charge in [0.25, 0.3) is 0 Å². The van der Waals surface area contributed by atoms with Gasteiger partial charge in [0.15, 0.2) is 0 Å². The zero-order valence-corrected chi connectivity index (χ0v) is 19.0. The van der Waals surface area contributed by atoms with Crippen LogP contribution in [0.2, 0.25) is 0 Å². The summed E-state index contributed by atoms with van der Waals surface area (Å²) in [7, 11) is 0. The molecule has 4 nitrogen and oxygen atoms in total. The average molecular weight is 415 g/mol. The van der Waals surface area contributed by atoms with E-state index >= 15 is 0 Å². The summed E-state index contributed by atoms with van der Waals surface area (Å²) in [6.45, 7) is 9.52. The van der Waals surface area contributed by atoms with Crippen molar-refractivity contribution in [3.63, 3.8) is 0 Å². The lowest BCUT2D eigenvalue weighted by Crippen LogP contribution is -2.46. The smallest absolute Gasteiger partial charge is 0.242 e. The van der Waals surface area contributed by atoms with Gasteiger partial charge in [0, 0.05) is 28.8 Å². The van der Waals surface area contributed by atoms with Crippen molar-refractivity contribution in [1.82, 2.24) is 9.80 Å². The monoisotopic (exact) mass is 414 g/mol. The zero-order valence-electron chi connectivity index (χ0n) is 18.2. The van der Waals surface area contributed by atoms with Crippen molar-refractivity contribution in [3.05, 3.63) is 57.8 Å². The van der Waals surface area contributed by atoms with Gasteiger partial charge in [-0.3, -0.25) is 9.59 Å². The maximum atomic E-state index is 13.3. The highest BCUT2D eigenvalue weighted by atomic mass is 32.1. The van der Waals surface area contributed by atoms with Crippen LogP contribution in [0.3, 0.4) is 0 Å². The molecule has 1 heterocycles. The predicted molar refractivity (Wildman–Crippen MR) is 121 cm³/mol. The van der Waals surface area contributed by atoms with E-state index in [1.54, 1.807) is 16.2 Å². The first kappa shape index (κ1) is 23.1. The Hall–Kier alpha value is -2.14. The summed E-state index contributed by atoms with van der Waals surface area (Å²) in [4.78, 5) is 32.1. The SMILES string of the molecule is CCCCC(=O)N(CC(=O)N(Cc1ccccc1)Cc1ccc(C)s1)[C@@H](C)CC. The number of benzene rings is 1. The normalized spacial score (nSPS) is 11.9. The van der Waals surface area contributed by atoms with E-state index < -0.39 is 0 Å². The number of thiophene rings is 1. The van der Waals surface area contributed by atoms with Crippen LogP contribution < -0.4 is 0 Å². The van der Waals surface area contributed by atoms with Crippen molar-refractivity contribution in [3.8, 4) is 0 Å². The standard InChI is InChI=1S/C24H34N2O2S/c1-5-7-13-23(27)26(19(3)6-2)18-24(28)25(16-21-11-9-8-10-12-21)17-22-15-14-20(4)29-22/h8-12,14-15,19H,5-7,13,16-18H2,1-4H3/t19-/m0/s1. The number of amides is 2. The van der Waals surface area contributed by atoms with Gasteiger partial charge in [-0.1, -0.05) is 50.6 Å². The molecule has 0 aliphatic rings. The summed E-state index contributed by atoms with van der Waals surface area (Å²) >= 11 is 1.72. The lowest BCUT2D eigenvalue weighted by molar-refractivity contribution is -0.143. The number of rotatable bonds is 11. The number of hydrogen-bond acceptors (Lipinski definition) is 3. The molecule has 0 saturated carbocycles. The number of carbonyl (C=O) groups excluding carboxylic acids is 2. The molecular formula is C24H34N2O2S. The summed E-state index contributed by atoms with van der Waals surface area (Å²) in [6.07, 6.45) is 3.19. The number of nitrogens with zero attached hydrogens (tertiary/aromatic N) is 2. The molecule has 5 heteroatoms. The topological polar surface area (TPSA) is 40.6 Å². The van der Waals surface area contributed by atoms with Crippen LogP contribution in [-0.2, 0) is 22.7 Å². The van der Waals surface area contributed by atoms with Gasteiger partial charge in [-0.05, 0) is 44.4 Å². The van der Waals surface area contributed by atoms with Gasteiger partial charge in [0.1, 0.15) is 6.54 Å². The predicted octanol–water partition coefficient (Wildman–Crippen LogP) is 5.40. The second-order valence-electron chi connectivity index (χ2n) is 7.63. The first-order chi connectivity index (χ1) is 13.9. The van der Waals surface area contributed by atoms with Crippen LogP contribution in [0.4, 0.5) is 0 Å². The Kier molecular flexibility index (Phi) is 9.39. The van der Waals surface area contributed by atoms with Crippen molar-refractivity contribution < 1.29 is 9.59 Å². The molecule has 0 radical (unpaired) electrons. The van der Waals surface area contributed by atoms with Crippen LogP contribution in [0.1, 0.15) is 61.8 Å². The summed E-state index contributed by atoms with van der Waals surface area (Å²) < 4.78 is 0. The van der Waals surface area contributed by atoms with Crippen molar-refractivity contribution in [2.45, 2.75) is 72.5 Å². The fraction of sp³-hybridized carbons (Fsp3) is 0.500. The fourth-order valence-corrected chi connectivity index (χ4v) is 4.13. The molecule has 0 unspecified atom stereocenters. The molecule has 1 aromatic heterocycles. The Morgan fingerprint density at radius 1 is 1.00 bits per heavy atom. The van der Waals surface area contributed by atoms with Crippen LogP contribution in [0.25, 0.3) is 0 Å². The van der Waals surface area contributed by atoms with Gasteiger partial charge in [-0.15, -0.1) is 11.3 Å². The van der Waals surface area contributed by atoms with E-state index in [-0.39, 0.29) is 24.4 Å². The summed E-state index contributed by atoms with van der Waals surface area (Å²) in [5, 5.41) is 0. The van der Waals surface area contributed by atoms with Gasteiger partial charge in [-0.25, -0.2) is 0 Å². The lowest BCUT2D eigenvalue weighted by Gasteiger charge is -2.31. The van der Waals surface area contributed by atoms with E-state index in [2.05, 4.69) is 32.9 Å². The molecule has 1 aromatic carbocycles. The van der Waals surface area contributed by atoms with E-state index in [0.29, 0.717) is 19.5 Å². The first-order valence-corrected chi connectivity index (χ1v) is 11.4. The summed E-state index contributed by atoms with van der Waals surface area (Å²) in [5.41, 5.74) is 1.10. The lowest BCUT2D eigenvalue weighted by atomic mass is 10.1. The van der Waals surface area contributed by atoms with E-state index in [0.717, 1.165) is 24.8 Å². The van der Waals surface area contributed by atoms with Gasteiger partial charge >= 0.3 is 0 Å². The van der Waals surface area contributed by atoms with Crippen LogP contribution in [0.5, 0.6) is 0 Å². The minimum atomic E-state index is 0.00468. The summed E-state index contributed by atoms with van der Waals surface area (Å²) in [5.74, 6) is 0.0891. The molecule has 0 bridgehead atoms. The van der Waals surface area contributed by atoms with Gasteiger partial charge in [0.2, 0.25) is 11.8 Å². The molecule has 2 rings (SSSR count). The highest BCUT2D eigenvalue weighted by Gasteiger charge is 2.24. The van der Waals surface area contributed by atoms with Crippen molar-refractivity contribution in [1.29, 1.82) is 0 Å². The average Bonchev–Trinajstić information content (AvgIpc) is 3.14. The molecule has 0 N–H and O–H groups in total. The van der Waals surface area contributed by atoms with Crippen LogP contribution in [-0.4, -0.2) is 34.2 Å². The van der Waals surface area contributed by atoms with Gasteiger partial charge < -0.3 is 9.80 Å². The molecule has 29 heavy (non-hydrogen) atoms. The third-order valence-corrected chi connectivity index (χ3v) is 6.19. The molecular weight excluding hydrogens is 380 g/mol. The quantitative estimate of drug-likeness (QED) is 0.494. The Morgan fingerprint density at radius 2 is 1.72 bits per heavy atom. The minimum Gasteiger partial charge on any atom is -0.332 e. The minimum absolute atomic E-state index is 0.00468. The van der Waals surface area contributed by atoms with E-state index in [4.69, 9.17) is 0 Å². The number of aryl methyl sites for hydroxylation is 1. The fourth-order valence-electron chi connectivity index (χ4n) is 3.22. The second-order valence-corrected chi connectivity index (χ2v) is 9.00. The summed E-state index contributed by atoms with van der Waals surface area (Å²) in [6, 6.07) is 14.3. The third-order valence-electron chi connectivity index (χ3n) is 5.20. The number of unbranched alkanes of at least 4 members (excludes halogenated alkanes) is 1. The Bertz CT molecular complexity index is 772. The second kappa shape index (κ2) is 11.8. The molecule has 1 atom stereocenters. The maximum Gasteiger partial charge on any atom is 0.242 e. The Balaban J connectivity index is 2.17. The van der Waals surface area contributed by atoms with Crippen molar-refractivity contribution in [2.24, 2.45) is 0 Å². The molecule has 2 aromatic rings. The van der Waals surface area contributed by atoms with E-state index in [1.165, 1.54) is 9.75 Å². The van der Waals surface area contributed by atoms with Crippen LogP contribution in [0, 0.1) is 6.92 Å². The molecule has 0 aliphatic carbocycles. The molecule has 0 saturated heterocycles. The highest BCUT2D eigenvalue weighted by Crippen LogP contribution is 2.19. The van der Waals surface area contributed by atoms with E-state index in [1.807, 2.05) is 42.2 Å². The zero-order chi connectivity index (χ0) is 21.2. The van der Waals surface area contributed by atoms with Crippen molar-refractivity contribution >= 4 is 23.2 Å².